The smallest absolute Gasteiger partial charge is 0.241 e. The van der Waals surface area contributed by atoms with Gasteiger partial charge in [0.1, 0.15) is 0 Å². The molecule has 0 radical (unpaired) electrons. The van der Waals surface area contributed by atoms with Crippen LogP contribution in [-0.4, -0.2) is 14.5 Å². The molecule has 4 nitrogen and oxygen atoms in total. The number of hydrogen-bond donors (Lipinski definition) is 2. The fourth-order valence-corrected chi connectivity index (χ4v) is 4.64. The number of benzene rings is 1. The lowest BCUT2D eigenvalue weighted by atomic mass is 10.1. The summed E-state index contributed by atoms with van der Waals surface area (Å²) < 4.78 is 27.8. The van der Waals surface area contributed by atoms with Gasteiger partial charge in [-0.05, 0) is 48.9 Å². The second-order valence-corrected chi connectivity index (χ2v) is 7.76. The largest absolute Gasteiger partial charge is 0.326 e. The predicted octanol–water partition coefficient (Wildman–Crippen LogP) is 2.42. The molecule has 2 rings (SSSR count). The first-order valence-electron chi connectivity index (χ1n) is 6.77. The zero-order valence-electron chi connectivity index (χ0n) is 12.2. The number of thiophene rings is 1. The Morgan fingerprint density at radius 3 is 2.67 bits per heavy atom. The normalized spacial score (nSPS) is 13.3. The van der Waals surface area contributed by atoms with Crippen LogP contribution in [0.25, 0.3) is 0 Å². The van der Waals surface area contributed by atoms with E-state index in [0.717, 1.165) is 16.0 Å². The van der Waals surface area contributed by atoms with E-state index in [0.29, 0.717) is 17.9 Å². The van der Waals surface area contributed by atoms with Crippen molar-refractivity contribution < 1.29 is 8.42 Å². The molecule has 1 atom stereocenters. The number of rotatable bonds is 6. The molecule has 1 unspecified atom stereocenters. The Labute approximate surface area is 130 Å². The van der Waals surface area contributed by atoms with E-state index in [1.807, 2.05) is 30.5 Å². The van der Waals surface area contributed by atoms with Crippen LogP contribution in [0.4, 0.5) is 0 Å². The van der Waals surface area contributed by atoms with Gasteiger partial charge in [0.25, 0.3) is 0 Å². The monoisotopic (exact) mass is 324 g/mol. The molecular weight excluding hydrogens is 304 g/mol. The molecule has 3 N–H and O–H groups in total. The van der Waals surface area contributed by atoms with Crippen LogP contribution in [0.2, 0.25) is 0 Å². The molecule has 114 valence electrons. The molecule has 0 spiro atoms. The van der Waals surface area contributed by atoms with Crippen molar-refractivity contribution >= 4 is 21.4 Å². The Morgan fingerprint density at radius 1 is 1.29 bits per heavy atom. The Bertz CT molecular complexity index is 694. The quantitative estimate of drug-likeness (QED) is 0.857. The van der Waals surface area contributed by atoms with Gasteiger partial charge in [0.15, 0.2) is 0 Å². The van der Waals surface area contributed by atoms with Crippen molar-refractivity contribution in [2.75, 3.05) is 0 Å². The SMILES string of the molecule is Cc1c(CN)cccc1S(=O)(=O)NC(C)Cc1cccs1. The molecule has 0 bridgehead atoms. The number of sulfonamides is 1. The molecule has 1 aromatic heterocycles. The summed E-state index contributed by atoms with van der Waals surface area (Å²) >= 11 is 1.63. The minimum Gasteiger partial charge on any atom is -0.326 e. The highest BCUT2D eigenvalue weighted by atomic mass is 32.2. The maximum absolute atomic E-state index is 12.5. The van der Waals surface area contributed by atoms with Crippen LogP contribution in [-0.2, 0) is 23.0 Å². The summed E-state index contributed by atoms with van der Waals surface area (Å²) in [4.78, 5) is 1.47. The van der Waals surface area contributed by atoms with E-state index in [-0.39, 0.29) is 6.04 Å². The molecule has 0 fully saturated rings. The minimum absolute atomic E-state index is 0.158. The molecule has 1 heterocycles. The zero-order valence-corrected chi connectivity index (χ0v) is 13.8. The van der Waals surface area contributed by atoms with E-state index in [1.54, 1.807) is 30.4 Å². The van der Waals surface area contributed by atoms with E-state index >= 15 is 0 Å². The van der Waals surface area contributed by atoms with Crippen molar-refractivity contribution in [2.45, 2.75) is 37.8 Å². The summed E-state index contributed by atoms with van der Waals surface area (Å²) in [7, 11) is -3.53. The molecule has 21 heavy (non-hydrogen) atoms. The molecule has 1 aromatic carbocycles. The molecule has 0 aliphatic carbocycles. The Morgan fingerprint density at radius 2 is 2.05 bits per heavy atom. The number of nitrogens with two attached hydrogens (primary N) is 1. The predicted molar refractivity (Wildman–Crippen MR) is 86.9 cm³/mol. The van der Waals surface area contributed by atoms with Crippen molar-refractivity contribution in [3.63, 3.8) is 0 Å². The molecule has 6 heteroatoms. The Kier molecular flexibility index (Phi) is 5.16. The van der Waals surface area contributed by atoms with Crippen LogP contribution >= 0.6 is 11.3 Å². The van der Waals surface area contributed by atoms with Crippen LogP contribution in [0.5, 0.6) is 0 Å². The second kappa shape index (κ2) is 6.70. The first kappa shape index (κ1) is 16.2. The van der Waals surface area contributed by atoms with Crippen LogP contribution < -0.4 is 10.5 Å². The van der Waals surface area contributed by atoms with Gasteiger partial charge in [-0.2, -0.15) is 0 Å². The number of nitrogens with one attached hydrogen (secondary N) is 1. The van der Waals surface area contributed by atoms with Crippen LogP contribution in [0, 0.1) is 6.92 Å². The second-order valence-electron chi connectivity index (χ2n) is 5.05. The van der Waals surface area contributed by atoms with E-state index in [2.05, 4.69) is 4.72 Å². The minimum atomic E-state index is -3.53. The van der Waals surface area contributed by atoms with Gasteiger partial charge in [0.2, 0.25) is 10.0 Å². The average molecular weight is 324 g/mol. The van der Waals surface area contributed by atoms with Gasteiger partial charge in [-0.1, -0.05) is 18.2 Å². The third-order valence-corrected chi connectivity index (χ3v) is 5.98. The van der Waals surface area contributed by atoms with Crippen LogP contribution in [0.1, 0.15) is 22.9 Å². The van der Waals surface area contributed by atoms with Gasteiger partial charge in [-0.15, -0.1) is 11.3 Å². The first-order valence-corrected chi connectivity index (χ1v) is 9.13. The third kappa shape index (κ3) is 3.91. The summed E-state index contributed by atoms with van der Waals surface area (Å²) in [6.07, 6.45) is 0.687. The molecule has 0 aliphatic heterocycles. The molecular formula is C15H20N2O2S2. The molecule has 0 aliphatic rings. The fourth-order valence-electron chi connectivity index (χ4n) is 2.27. The standard InChI is InChI=1S/C15H20N2O2S2/c1-11(9-14-6-4-8-20-14)17-21(18,19)15-7-3-5-13(10-16)12(15)2/h3-8,11,17H,9-10,16H2,1-2H3. The lowest BCUT2D eigenvalue weighted by Crippen LogP contribution is -2.34. The zero-order chi connectivity index (χ0) is 15.5. The van der Waals surface area contributed by atoms with Gasteiger partial charge in [-0.25, -0.2) is 13.1 Å². The van der Waals surface area contributed by atoms with E-state index in [9.17, 15) is 8.42 Å². The van der Waals surface area contributed by atoms with Gasteiger partial charge >= 0.3 is 0 Å². The summed E-state index contributed by atoms with van der Waals surface area (Å²) in [5.41, 5.74) is 7.21. The van der Waals surface area contributed by atoms with Crippen molar-refractivity contribution in [1.82, 2.24) is 4.72 Å². The molecule has 0 saturated heterocycles. The van der Waals surface area contributed by atoms with Crippen molar-refractivity contribution in [1.29, 1.82) is 0 Å². The number of hydrogen-bond acceptors (Lipinski definition) is 4. The van der Waals surface area contributed by atoms with Gasteiger partial charge in [-0.3, -0.25) is 0 Å². The summed E-state index contributed by atoms with van der Waals surface area (Å²) in [6, 6.07) is 9.02. The van der Waals surface area contributed by atoms with Crippen LogP contribution in [0.15, 0.2) is 40.6 Å². The molecule has 0 amide bonds. The summed E-state index contributed by atoms with van der Waals surface area (Å²) in [6.45, 7) is 4.00. The van der Waals surface area contributed by atoms with E-state index < -0.39 is 10.0 Å². The van der Waals surface area contributed by atoms with E-state index in [4.69, 9.17) is 5.73 Å². The van der Waals surface area contributed by atoms with E-state index in [1.165, 1.54) is 0 Å². The van der Waals surface area contributed by atoms with Gasteiger partial charge in [0.05, 0.1) is 4.90 Å². The lowest BCUT2D eigenvalue weighted by molar-refractivity contribution is 0.560. The van der Waals surface area contributed by atoms with Gasteiger partial charge < -0.3 is 5.73 Å². The Balaban J connectivity index is 2.18. The topological polar surface area (TPSA) is 72.2 Å². The van der Waals surface area contributed by atoms with Crippen molar-refractivity contribution in [3.05, 3.63) is 51.7 Å². The highest BCUT2D eigenvalue weighted by Gasteiger charge is 2.20. The lowest BCUT2D eigenvalue weighted by Gasteiger charge is -2.16. The van der Waals surface area contributed by atoms with Gasteiger partial charge in [0, 0.05) is 17.5 Å². The summed E-state index contributed by atoms with van der Waals surface area (Å²) in [5.74, 6) is 0. The maximum Gasteiger partial charge on any atom is 0.241 e. The molecule has 2 aromatic rings. The third-order valence-electron chi connectivity index (χ3n) is 3.35. The van der Waals surface area contributed by atoms with Crippen molar-refractivity contribution in [2.24, 2.45) is 5.73 Å². The Hall–Kier alpha value is -1.21. The van der Waals surface area contributed by atoms with Crippen LogP contribution in [0.3, 0.4) is 0 Å². The van der Waals surface area contributed by atoms with Crippen molar-refractivity contribution in [3.8, 4) is 0 Å². The maximum atomic E-state index is 12.5. The first-order chi connectivity index (χ1) is 9.94. The molecule has 0 saturated carbocycles. The average Bonchev–Trinajstić information content (AvgIpc) is 2.90. The fraction of sp³-hybridized carbons (Fsp3) is 0.333. The highest BCUT2D eigenvalue weighted by molar-refractivity contribution is 7.89. The highest BCUT2D eigenvalue weighted by Crippen LogP contribution is 2.19. The summed E-state index contributed by atoms with van der Waals surface area (Å²) in [5, 5.41) is 1.99.